The number of benzene rings is 2. The maximum absolute atomic E-state index is 12.1. The highest BCUT2D eigenvalue weighted by molar-refractivity contribution is 7.13. The van der Waals surface area contributed by atoms with E-state index in [1.54, 1.807) is 11.5 Å². The number of carbonyl (C=O) groups is 1. The van der Waals surface area contributed by atoms with Gasteiger partial charge in [0.25, 0.3) is 0 Å². The van der Waals surface area contributed by atoms with Crippen molar-refractivity contribution in [1.29, 1.82) is 0 Å². The number of piperazine rings is 1. The van der Waals surface area contributed by atoms with Gasteiger partial charge in [-0.15, -0.1) is 0 Å². The summed E-state index contributed by atoms with van der Waals surface area (Å²) < 4.78 is 6.01. The number of nitrogens with zero attached hydrogens (tertiary/aromatic N) is 3. The van der Waals surface area contributed by atoms with Crippen molar-refractivity contribution >= 4 is 33.3 Å². The molecule has 2 aromatic carbocycles. The van der Waals surface area contributed by atoms with Gasteiger partial charge >= 0.3 is 0 Å². The van der Waals surface area contributed by atoms with E-state index in [0.717, 1.165) is 64.2 Å². The second-order valence-electron chi connectivity index (χ2n) is 10.3. The van der Waals surface area contributed by atoms with Gasteiger partial charge in [-0.05, 0) is 72.0 Å². The minimum absolute atomic E-state index is 0.197. The van der Waals surface area contributed by atoms with E-state index in [1.165, 1.54) is 26.8 Å². The molecule has 3 aromatic rings. The Morgan fingerprint density at radius 3 is 2.76 bits per heavy atom. The molecule has 0 bridgehead atoms. The smallest absolute Gasteiger partial charge is 0.220 e. The summed E-state index contributed by atoms with van der Waals surface area (Å²) in [6, 6.07) is 15.9. The Kier molecular flexibility index (Phi) is 7.16. The van der Waals surface area contributed by atoms with E-state index in [2.05, 4.69) is 71.4 Å². The quantitative estimate of drug-likeness (QED) is 0.538. The number of hydrogen-bond acceptors (Lipinski definition) is 5. The van der Waals surface area contributed by atoms with Gasteiger partial charge in [0.05, 0.1) is 4.70 Å². The molecule has 0 saturated carbocycles. The van der Waals surface area contributed by atoms with Crippen molar-refractivity contribution in [3.05, 3.63) is 59.2 Å². The van der Waals surface area contributed by atoms with Crippen LogP contribution in [-0.4, -0.2) is 53.9 Å². The van der Waals surface area contributed by atoms with Gasteiger partial charge in [0.2, 0.25) is 5.91 Å². The maximum Gasteiger partial charge on any atom is 0.220 e. The van der Waals surface area contributed by atoms with Gasteiger partial charge in [-0.25, -0.2) is 0 Å². The molecule has 1 N–H and O–H groups in total. The minimum atomic E-state index is 0.197. The molecule has 6 heteroatoms. The number of nitrogens with one attached hydrogen (secondary N) is 1. The Balaban J connectivity index is 1.10. The van der Waals surface area contributed by atoms with Crippen LogP contribution in [0.2, 0.25) is 0 Å². The first-order chi connectivity index (χ1) is 16.5. The van der Waals surface area contributed by atoms with Crippen LogP contribution >= 0.6 is 11.5 Å². The molecular formula is C28H36N4OS. The molecule has 1 amide bonds. The first-order valence-electron chi connectivity index (χ1n) is 12.8. The van der Waals surface area contributed by atoms with E-state index < -0.39 is 0 Å². The number of amides is 1. The third-order valence-electron chi connectivity index (χ3n) is 7.20. The molecule has 1 fully saturated rings. The molecule has 1 unspecified atom stereocenters. The molecule has 2 heterocycles. The number of fused-ring (bicyclic) bond motifs is 2. The molecule has 1 aliphatic heterocycles. The molecule has 1 atom stereocenters. The third-order valence-corrected chi connectivity index (χ3v) is 8.02. The number of aromatic nitrogens is 1. The predicted octanol–water partition coefficient (Wildman–Crippen LogP) is 4.68. The molecule has 1 aliphatic carbocycles. The van der Waals surface area contributed by atoms with Crippen LogP contribution in [0.15, 0.2) is 42.5 Å². The molecule has 1 aromatic heterocycles. The van der Waals surface area contributed by atoms with Gasteiger partial charge in [-0.3, -0.25) is 9.69 Å². The van der Waals surface area contributed by atoms with Crippen LogP contribution in [0.1, 0.15) is 43.4 Å². The lowest BCUT2D eigenvalue weighted by Crippen LogP contribution is -2.47. The highest BCUT2D eigenvalue weighted by Gasteiger charge is 2.22. The van der Waals surface area contributed by atoms with Crippen molar-refractivity contribution < 1.29 is 4.79 Å². The number of rotatable bonds is 7. The van der Waals surface area contributed by atoms with Crippen molar-refractivity contribution in [2.75, 3.05) is 37.6 Å². The monoisotopic (exact) mass is 476 g/mol. The maximum atomic E-state index is 12.1. The summed E-state index contributed by atoms with van der Waals surface area (Å²) in [6.45, 7) is 9.57. The van der Waals surface area contributed by atoms with Crippen LogP contribution in [0.5, 0.6) is 0 Å². The first-order valence-corrected chi connectivity index (χ1v) is 13.5. The average molecular weight is 477 g/mol. The van der Waals surface area contributed by atoms with Crippen LogP contribution < -0.4 is 10.2 Å². The molecule has 0 radical (unpaired) electrons. The number of hydrogen-bond donors (Lipinski definition) is 1. The summed E-state index contributed by atoms with van der Waals surface area (Å²) in [5.41, 5.74) is 4.33. The zero-order chi connectivity index (χ0) is 23.5. The Labute approximate surface area is 207 Å². The van der Waals surface area contributed by atoms with E-state index in [9.17, 15) is 4.79 Å². The van der Waals surface area contributed by atoms with Crippen molar-refractivity contribution in [1.82, 2.24) is 14.6 Å². The Bertz CT molecular complexity index is 1130. The Morgan fingerprint density at radius 1 is 1.12 bits per heavy atom. The summed E-state index contributed by atoms with van der Waals surface area (Å²) in [6.07, 6.45) is 4.80. The standard InChI is InChI=1S/C28H36N4OS/c1-20(2)17-27(33)29-24-10-9-22-18-21(7-8-23(22)19-24)11-12-31-13-15-32(16-14-31)28-25-5-3-4-6-26(25)34-30-28/h3-8,18,20,24H,9-17,19H2,1-2H3,(H,29,33). The van der Waals surface area contributed by atoms with Gasteiger partial charge in [0, 0.05) is 50.6 Å². The molecular weight excluding hydrogens is 440 g/mol. The SMILES string of the molecule is CC(C)CC(=O)NC1CCc2cc(CCN3CCN(c4nsc5ccccc45)CC3)ccc2C1. The summed E-state index contributed by atoms with van der Waals surface area (Å²) in [5, 5.41) is 4.53. The van der Waals surface area contributed by atoms with E-state index in [4.69, 9.17) is 4.37 Å². The Morgan fingerprint density at radius 2 is 1.94 bits per heavy atom. The van der Waals surface area contributed by atoms with Crippen LogP contribution in [0.25, 0.3) is 10.1 Å². The fourth-order valence-electron chi connectivity index (χ4n) is 5.32. The van der Waals surface area contributed by atoms with E-state index in [0.29, 0.717) is 12.3 Å². The summed E-state index contributed by atoms with van der Waals surface area (Å²) in [4.78, 5) is 17.2. The van der Waals surface area contributed by atoms with Gasteiger partial charge in [-0.1, -0.05) is 44.2 Å². The minimum Gasteiger partial charge on any atom is -0.353 e. The van der Waals surface area contributed by atoms with Crippen LogP contribution in [0.4, 0.5) is 5.82 Å². The third kappa shape index (κ3) is 5.44. The lowest BCUT2D eigenvalue weighted by molar-refractivity contribution is -0.122. The fourth-order valence-corrected chi connectivity index (χ4v) is 6.11. The topological polar surface area (TPSA) is 48.5 Å². The second kappa shape index (κ2) is 10.4. The molecule has 5 nitrogen and oxygen atoms in total. The van der Waals surface area contributed by atoms with Gasteiger partial charge in [-0.2, -0.15) is 4.37 Å². The Hall–Kier alpha value is -2.44. The molecule has 180 valence electrons. The van der Waals surface area contributed by atoms with Gasteiger partial charge < -0.3 is 10.2 Å². The number of aryl methyl sites for hydroxylation is 1. The lowest BCUT2D eigenvalue weighted by atomic mass is 9.86. The summed E-state index contributed by atoms with van der Waals surface area (Å²) >= 11 is 1.61. The zero-order valence-electron chi connectivity index (χ0n) is 20.4. The normalized spacial score (nSPS) is 18.9. The van der Waals surface area contributed by atoms with Crippen LogP contribution in [0, 0.1) is 5.92 Å². The molecule has 2 aliphatic rings. The summed E-state index contributed by atoms with van der Waals surface area (Å²) in [7, 11) is 0. The van der Waals surface area contributed by atoms with Crippen molar-refractivity contribution in [3.8, 4) is 0 Å². The van der Waals surface area contributed by atoms with E-state index >= 15 is 0 Å². The molecule has 34 heavy (non-hydrogen) atoms. The zero-order valence-corrected chi connectivity index (χ0v) is 21.2. The average Bonchev–Trinajstić information content (AvgIpc) is 3.27. The van der Waals surface area contributed by atoms with Crippen LogP contribution in [0.3, 0.4) is 0 Å². The van der Waals surface area contributed by atoms with Gasteiger partial charge in [0.1, 0.15) is 5.82 Å². The highest BCUT2D eigenvalue weighted by atomic mass is 32.1. The number of carbonyl (C=O) groups excluding carboxylic acids is 1. The molecule has 1 saturated heterocycles. The van der Waals surface area contributed by atoms with Crippen molar-refractivity contribution in [2.24, 2.45) is 5.92 Å². The summed E-state index contributed by atoms with van der Waals surface area (Å²) in [5.74, 6) is 1.77. The second-order valence-corrected chi connectivity index (χ2v) is 11.1. The lowest BCUT2D eigenvalue weighted by Gasteiger charge is -2.35. The van der Waals surface area contributed by atoms with Crippen molar-refractivity contribution in [2.45, 2.75) is 52.0 Å². The molecule has 0 spiro atoms. The van der Waals surface area contributed by atoms with E-state index in [1.807, 2.05) is 0 Å². The molecule has 5 rings (SSSR count). The van der Waals surface area contributed by atoms with E-state index in [-0.39, 0.29) is 11.9 Å². The van der Waals surface area contributed by atoms with Crippen molar-refractivity contribution in [3.63, 3.8) is 0 Å². The van der Waals surface area contributed by atoms with Crippen LogP contribution in [-0.2, 0) is 24.1 Å². The highest BCUT2D eigenvalue weighted by Crippen LogP contribution is 2.30. The predicted molar refractivity (Wildman–Crippen MR) is 142 cm³/mol. The fraction of sp³-hybridized carbons (Fsp3) is 0.500. The largest absolute Gasteiger partial charge is 0.353 e. The van der Waals surface area contributed by atoms with Gasteiger partial charge in [0.15, 0.2) is 0 Å². The number of anilines is 1. The first kappa shape index (κ1) is 23.3.